The zero-order valence-electron chi connectivity index (χ0n) is 13.3. The third-order valence-electron chi connectivity index (χ3n) is 3.05. The first-order valence-corrected chi connectivity index (χ1v) is 7.03. The molecule has 0 bridgehead atoms. The highest BCUT2D eigenvalue weighted by Crippen LogP contribution is 2.26. The molecule has 0 saturated heterocycles. The predicted molar refractivity (Wildman–Crippen MR) is 81.5 cm³/mol. The maximum absolute atomic E-state index is 5.95. The highest BCUT2D eigenvalue weighted by atomic mass is 16.5. The Morgan fingerprint density at radius 2 is 1.75 bits per heavy atom. The van der Waals surface area contributed by atoms with E-state index < -0.39 is 0 Å². The summed E-state index contributed by atoms with van der Waals surface area (Å²) < 4.78 is 16.1. The van der Waals surface area contributed by atoms with Gasteiger partial charge < -0.3 is 19.5 Å². The molecule has 0 fully saturated rings. The van der Waals surface area contributed by atoms with Crippen molar-refractivity contribution in [1.82, 2.24) is 5.32 Å². The first-order valence-electron chi connectivity index (χ1n) is 7.03. The third kappa shape index (κ3) is 5.49. The third-order valence-corrected chi connectivity index (χ3v) is 3.05. The number of hydrogen-bond acceptors (Lipinski definition) is 4. The average molecular weight is 281 g/mol. The van der Waals surface area contributed by atoms with E-state index in [9.17, 15) is 0 Å². The fraction of sp³-hybridized carbons (Fsp3) is 0.625. The van der Waals surface area contributed by atoms with Gasteiger partial charge in [0.05, 0.1) is 13.2 Å². The molecule has 20 heavy (non-hydrogen) atoms. The van der Waals surface area contributed by atoms with Crippen molar-refractivity contribution in [3.05, 3.63) is 28.8 Å². The van der Waals surface area contributed by atoms with Gasteiger partial charge in [-0.2, -0.15) is 0 Å². The molecule has 0 aliphatic heterocycles. The molecule has 0 aromatic heterocycles. The van der Waals surface area contributed by atoms with Crippen LogP contribution in [0.25, 0.3) is 0 Å². The van der Waals surface area contributed by atoms with Crippen LogP contribution < -0.4 is 10.1 Å². The molecule has 1 unspecified atom stereocenters. The number of rotatable bonds is 9. The Morgan fingerprint density at radius 3 is 2.30 bits per heavy atom. The van der Waals surface area contributed by atoms with Crippen molar-refractivity contribution >= 4 is 0 Å². The van der Waals surface area contributed by atoms with E-state index in [0.29, 0.717) is 6.61 Å². The largest absolute Gasteiger partial charge is 0.488 e. The van der Waals surface area contributed by atoms with Crippen LogP contribution in [0.1, 0.15) is 23.6 Å². The van der Waals surface area contributed by atoms with E-state index >= 15 is 0 Å². The van der Waals surface area contributed by atoms with Crippen LogP contribution in [0.2, 0.25) is 0 Å². The summed E-state index contributed by atoms with van der Waals surface area (Å²) in [5.74, 6) is 0.968. The van der Waals surface area contributed by atoms with Gasteiger partial charge in [0.2, 0.25) is 0 Å². The van der Waals surface area contributed by atoms with Crippen molar-refractivity contribution in [3.63, 3.8) is 0 Å². The summed E-state index contributed by atoms with van der Waals surface area (Å²) in [7, 11) is 3.40. The second kappa shape index (κ2) is 8.95. The van der Waals surface area contributed by atoms with E-state index in [0.717, 1.165) is 36.6 Å². The van der Waals surface area contributed by atoms with Gasteiger partial charge in [-0.3, -0.25) is 0 Å². The number of nitrogens with one attached hydrogen (secondary N) is 1. The van der Waals surface area contributed by atoms with E-state index in [1.807, 2.05) is 6.92 Å². The summed E-state index contributed by atoms with van der Waals surface area (Å²) in [6, 6.07) is 4.34. The van der Waals surface area contributed by atoms with Crippen LogP contribution in [-0.2, 0) is 16.0 Å². The van der Waals surface area contributed by atoms with Crippen LogP contribution >= 0.6 is 0 Å². The summed E-state index contributed by atoms with van der Waals surface area (Å²) in [6.07, 6.45) is 0.0584. The van der Waals surface area contributed by atoms with Crippen molar-refractivity contribution < 1.29 is 14.2 Å². The van der Waals surface area contributed by atoms with Crippen LogP contribution in [-0.4, -0.2) is 40.1 Å². The molecule has 4 heteroatoms. The molecule has 1 atom stereocenters. The van der Waals surface area contributed by atoms with Crippen molar-refractivity contribution in [2.75, 3.05) is 34.0 Å². The molecular formula is C16H27NO3. The molecule has 114 valence electrons. The molecule has 1 aromatic rings. The maximum atomic E-state index is 5.95. The van der Waals surface area contributed by atoms with Gasteiger partial charge in [-0.05, 0) is 37.5 Å². The Kier molecular flexibility index (Phi) is 7.59. The zero-order chi connectivity index (χ0) is 15.0. The van der Waals surface area contributed by atoms with E-state index in [1.165, 1.54) is 5.56 Å². The van der Waals surface area contributed by atoms with Crippen LogP contribution in [0.4, 0.5) is 0 Å². The molecule has 0 heterocycles. The average Bonchev–Trinajstić information content (AvgIpc) is 2.39. The van der Waals surface area contributed by atoms with Crippen LogP contribution in [0, 0.1) is 13.8 Å². The van der Waals surface area contributed by atoms with E-state index in [-0.39, 0.29) is 6.10 Å². The Morgan fingerprint density at radius 1 is 1.10 bits per heavy atom. The van der Waals surface area contributed by atoms with Crippen LogP contribution in [0.3, 0.4) is 0 Å². The summed E-state index contributed by atoms with van der Waals surface area (Å²) in [5.41, 5.74) is 3.59. The highest BCUT2D eigenvalue weighted by Gasteiger charge is 2.10. The van der Waals surface area contributed by atoms with Gasteiger partial charge in [-0.1, -0.05) is 12.1 Å². The second-order valence-electron chi connectivity index (χ2n) is 5.11. The zero-order valence-corrected chi connectivity index (χ0v) is 13.3. The first kappa shape index (κ1) is 17.0. The van der Waals surface area contributed by atoms with Gasteiger partial charge in [-0.15, -0.1) is 0 Å². The number of hydrogen-bond donors (Lipinski definition) is 1. The van der Waals surface area contributed by atoms with Crippen molar-refractivity contribution in [2.45, 2.75) is 33.4 Å². The maximum Gasteiger partial charge on any atom is 0.125 e. The number of aryl methyl sites for hydroxylation is 2. The Bertz CT molecular complexity index is 384. The van der Waals surface area contributed by atoms with Gasteiger partial charge in [0.15, 0.2) is 0 Å². The summed E-state index contributed by atoms with van der Waals surface area (Å²) in [6.45, 7) is 9.22. The fourth-order valence-corrected chi connectivity index (χ4v) is 2.20. The smallest absolute Gasteiger partial charge is 0.125 e. The molecule has 1 N–H and O–H groups in total. The van der Waals surface area contributed by atoms with Crippen molar-refractivity contribution in [1.29, 1.82) is 0 Å². The van der Waals surface area contributed by atoms with Crippen molar-refractivity contribution in [3.8, 4) is 5.75 Å². The Hall–Kier alpha value is -1.10. The second-order valence-corrected chi connectivity index (χ2v) is 5.11. The molecular weight excluding hydrogens is 254 g/mol. The lowest BCUT2D eigenvalue weighted by Gasteiger charge is -2.19. The van der Waals surface area contributed by atoms with Gasteiger partial charge in [0.25, 0.3) is 0 Å². The van der Waals surface area contributed by atoms with E-state index in [4.69, 9.17) is 14.2 Å². The highest BCUT2D eigenvalue weighted by molar-refractivity contribution is 5.43. The van der Waals surface area contributed by atoms with Gasteiger partial charge >= 0.3 is 0 Å². The molecule has 0 spiro atoms. The normalized spacial score (nSPS) is 12.4. The topological polar surface area (TPSA) is 39.7 Å². The molecule has 0 radical (unpaired) electrons. The summed E-state index contributed by atoms with van der Waals surface area (Å²) in [4.78, 5) is 0. The van der Waals surface area contributed by atoms with Crippen molar-refractivity contribution in [2.24, 2.45) is 0 Å². The monoisotopic (exact) mass is 281 g/mol. The Labute approximate surface area is 122 Å². The Balaban J connectivity index is 2.66. The van der Waals surface area contributed by atoms with Crippen LogP contribution in [0.15, 0.2) is 12.1 Å². The molecule has 4 nitrogen and oxygen atoms in total. The summed E-state index contributed by atoms with van der Waals surface area (Å²) >= 11 is 0. The van der Waals surface area contributed by atoms with E-state index in [1.54, 1.807) is 14.2 Å². The lowest BCUT2D eigenvalue weighted by atomic mass is 10.1. The summed E-state index contributed by atoms with van der Waals surface area (Å²) in [5, 5.41) is 3.35. The van der Waals surface area contributed by atoms with Gasteiger partial charge in [0.1, 0.15) is 11.9 Å². The molecule has 0 aliphatic carbocycles. The predicted octanol–water partition coefficient (Wildman–Crippen LogP) is 2.45. The lowest BCUT2D eigenvalue weighted by molar-refractivity contribution is 0.0911. The fourth-order valence-electron chi connectivity index (χ4n) is 2.20. The molecule has 0 aliphatic rings. The minimum absolute atomic E-state index is 0.0584. The molecule has 0 amide bonds. The number of benzene rings is 1. The lowest BCUT2D eigenvalue weighted by Crippen LogP contribution is -2.20. The van der Waals surface area contributed by atoms with Gasteiger partial charge in [-0.25, -0.2) is 0 Å². The molecule has 1 aromatic carbocycles. The standard InChI is InChI=1S/C16H27NO3/c1-12-8-15(10-17-6-7-18-4)9-13(2)16(12)20-14(3)11-19-5/h8-9,14,17H,6-7,10-11H2,1-5H3. The van der Waals surface area contributed by atoms with Crippen LogP contribution in [0.5, 0.6) is 5.75 Å². The van der Waals surface area contributed by atoms with E-state index in [2.05, 4.69) is 31.3 Å². The SMILES string of the molecule is COCCNCc1cc(C)c(OC(C)COC)c(C)c1. The minimum atomic E-state index is 0.0584. The number of ether oxygens (including phenoxy) is 3. The molecule has 0 saturated carbocycles. The number of methoxy groups -OCH3 is 2. The first-order chi connectivity index (χ1) is 9.58. The quantitative estimate of drug-likeness (QED) is 0.706. The van der Waals surface area contributed by atoms with Gasteiger partial charge in [0, 0.05) is 27.3 Å². The molecule has 1 rings (SSSR count). The minimum Gasteiger partial charge on any atom is -0.488 e.